The number of carbonyl (C=O) groups excluding carboxylic acids is 1. The molecule has 0 radical (unpaired) electrons. The minimum Gasteiger partial charge on any atom is -0.750 e. The van der Waals surface area contributed by atoms with Crippen molar-refractivity contribution in [3.8, 4) is 0 Å². The Balaban J connectivity index is 2.13. The number of rotatable bonds is 4. The summed E-state index contributed by atoms with van der Waals surface area (Å²) < 4.78 is 29.8. The van der Waals surface area contributed by atoms with E-state index >= 15 is 0 Å². The molecule has 1 fully saturated rings. The van der Waals surface area contributed by atoms with Gasteiger partial charge in [-0.15, -0.1) is 0 Å². The summed E-state index contributed by atoms with van der Waals surface area (Å²) in [6.07, 6.45) is 1.00. The predicted molar refractivity (Wildman–Crippen MR) is 60.8 cm³/mol. The number of alkyl carbamates (subject to hydrolysis) is 1. The summed E-state index contributed by atoms with van der Waals surface area (Å²) >= 11 is -2.45. The molecule has 1 saturated carbocycles. The van der Waals surface area contributed by atoms with Gasteiger partial charge in [-0.3, -0.25) is 0 Å². The standard InChI is InChI=1S/C10H19NO5S/c1-10(2,3)16-9(12)11-8-4-7(5-8)6-15-17(13)14/h7-8H,4-6H2,1-3H3,(H,11,12)(H,13,14)/p-1. The Morgan fingerprint density at radius 3 is 2.53 bits per heavy atom. The van der Waals surface area contributed by atoms with Gasteiger partial charge in [0.15, 0.2) is 0 Å². The fourth-order valence-corrected chi connectivity index (χ4v) is 1.92. The van der Waals surface area contributed by atoms with Gasteiger partial charge >= 0.3 is 6.09 Å². The highest BCUT2D eigenvalue weighted by Crippen LogP contribution is 2.28. The molecule has 0 spiro atoms. The molecule has 1 aliphatic rings. The summed E-state index contributed by atoms with van der Waals surface area (Å²) in [5.41, 5.74) is -0.504. The molecule has 1 rings (SSSR count). The summed E-state index contributed by atoms with van der Waals surface area (Å²) in [7, 11) is 0. The van der Waals surface area contributed by atoms with Crippen molar-refractivity contribution in [3.05, 3.63) is 0 Å². The zero-order valence-corrected chi connectivity index (χ0v) is 11.0. The van der Waals surface area contributed by atoms with Crippen LogP contribution in [-0.4, -0.2) is 33.1 Å². The molecule has 0 saturated heterocycles. The molecule has 17 heavy (non-hydrogen) atoms. The van der Waals surface area contributed by atoms with Crippen LogP contribution >= 0.6 is 0 Å². The first-order valence-electron chi connectivity index (χ1n) is 5.48. The van der Waals surface area contributed by atoms with E-state index in [-0.39, 0.29) is 18.6 Å². The summed E-state index contributed by atoms with van der Waals surface area (Å²) in [6, 6.07) is 0.0542. The van der Waals surface area contributed by atoms with Gasteiger partial charge in [-0.2, -0.15) is 0 Å². The van der Waals surface area contributed by atoms with Crippen LogP contribution in [0.2, 0.25) is 0 Å². The number of hydrogen-bond donors (Lipinski definition) is 1. The van der Waals surface area contributed by atoms with E-state index in [1.807, 2.05) is 0 Å². The molecular weight excluding hydrogens is 246 g/mol. The van der Waals surface area contributed by atoms with E-state index in [0.717, 1.165) is 12.8 Å². The van der Waals surface area contributed by atoms with Gasteiger partial charge in [0.05, 0.1) is 18.0 Å². The van der Waals surface area contributed by atoms with Crippen molar-refractivity contribution in [3.63, 3.8) is 0 Å². The molecule has 0 aromatic heterocycles. The average molecular weight is 264 g/mol. The second-order valence-electron chi connectivity index (χ2n) is 5.17. The number of carbonyl (C=O) groups is 1. The summed E-state index contributed by atoms with van der Waals surface area (Å²) in [5.74, 6) is 0.188. The minimum atomic E-state index is -2.45. The largest absolute Gasteiger partial charge is 0.750 e. The molecule has 1 amide bonds. The van der Waals surface area contributed by atoms with Gasteiger partial charge in [0, 0.05) is 6.04 Å². The molecule has 1 unspecified atom stereocenters. The molecule has 1 aliphatic carbocycles. The van der Waals surface area contributed by atoms with Gasteiger partial charge in [-0.1, -0.05) is 0 Å². The summed E-state index contributed by atoms with van der Waals surface area (Å²) in [4.78, 5) is 11.4. The molecular formula is C10H18NO5S-. The quantitative estimate of drug-likeness (QED) is 0.768. The normalized spacial score (nSPS) is 25.9. The lowest BCUT2D eigenvalue weighted by Gasteiger charge is -2.35. The van der Waals surface area contributed by atoms with Gasteiger partial charge in [-0.05, 0) is 39.5 Å². The second kappa shape index (κ2) is 5.79. The first-order chi connectivity index (χ1) is 7.76. The van der Waals surface area contributed by atoms with Crippen LogP contribution in [0.25, 0.3) is 0 Å². The Hall–Kier alpha value is -0.660. The fourth-order valence-electron chi connectivity index (χ4n) is 1.62. The Labute approximate surface area is 104 Å². The van der Waals surface area contributed by atoms with Crippen molar-refractivity contribution in [1.29, 1.82) is 0 Å². The molecule has 1 atom stereocenters. The van der Waals surface area contributed by atoms with Crippen LogP contribution in [0.15, 0.2) is 0 Å². The van der Waals surface area contributed by atoms with E-state index in [1.165, 1.54) is 0 Å². The van der Waals surface area contributed by atoms with E-state index in [0.29, 0.717) is 0 Å². The smallest absolute Gasteiger partial charge is 0.407 e. The van der Waals surface area contributed by atoms with Crippen molar-refractivity contribution >= 4 is 17.5 Å². The topological polar surface area (TPSA) is 87.7 Å². The van der Waals surface area contributed by atoms with E-state index < -0.39 is 23.1 Å². The van der Waals surface area contributed by atoms with E-state index in [4.69, 9.17) is 4.74 Å². The Morgan fingerprint density at radius 1 is 1.47 bits per heavy atom. The maximum absolute atomic E-state index is 11.4. The minimum absolute atomic E-state index is 0.0542. The van der Waals surface area contributed by atoms with Gasteiger partial charge in [0.2, 0.25) is 0 Å². The van der Waals surface area contributed by atoms with Crippen molar-refractivity contribution < 1.29 is 22.5 Å². The molecule has 0 aromatic carbocycles. The average Bonchev–Trinajstić information content (AvgIpc) is 2.04. The number of nitrogens with one attached hydrogen (secondary N) is 1. The third-order valence-electron chi connectivity index (χ3n) is 2.36. The highest BCUT2D eigenvalue weighted by Gasteiger charge is 2.31. The molecule has 0 aromatic rings. The van der Waals surface area contributed by atoms with E-state index in [9.17, 15) is 13.6 Å². The number of hydrogen-bond acceptors (Lipinski definition) is 5. The highest BCUT2D eigenvalue weighted by atomic mass is 32.2. The van der Waals surface area contributed by atoms with Crippen molar-refractivity contribution in [1.82, 2.24) is 5.32 Å². The summed E-state index contributed by atoms with van der Waals surface area (Å²) in [5, 5.41) is 2.72. The van der Waals surface area contributed by atoms with Gasteiger partial charge in [-0.25, -0.2) is 9.00 Å². The van der Waals surface area contributed by atoms with Gasteiger partial charge < -0.3 is 18.8 Å². The van der Waals surface area contributed by atoms with Crippen LogP contribution in [-0.2, 0) is 20.3 Å². The van der Waals surface area contributed by atoms with Crippen LogP contribution in [0.5, 0.6) is 0 Å². The lowest BCUT2D eigenvalue weighted by molar-refractivity contribution is 0.0428. The van der Waals surface area contributed by atoms with Crippen LogP contribution in [0.4, 0.5) is 4.79 Å². The Kier molecular flexibility index (Phi) is 4.91. The van der Waals surface area contributed by atoms with Crippen molar-refractivity contribution in [2.24, 2.45) is 5.92 Å². The molecule has 0 aliphatic heterocycles. The highest BCUT2D eigenvalue weighted by molar-refractivity contribution is 7.74. The lowest BCUT2D eigenvalue weighted by atomic mass is 9.81. The van der Waals surface area contributed by atoms with Crippen molar-refractivity contribution in [2.75, 3.05) is 6.61 Å². The molecule has 1 N–H and O–H groups in total. The molecule has 6 nitrogen and oxygen atoms in total. The molecule has 100 valence electrons. The summed E-state index contributed by atoms with van der Waals surface area (Å²) in [6.45, 7) is 5.58. The van der Waals surface area contributed by atoms with Gasteiger partial charge in [0.1, 0.15) is 5.60 Å². The molecule has 0 heterocycles. The van der Waals surface area contributed by atoms with Crippen LogP contribution in [0.3, 0.4) is 0 Å². The molecule has 7 heteroatoms. The first kappa shape index (κ1) is 14.4. The first-order valence-corrected chi connectivity index (χ1v) is 6.48. The Bertz CT molecular complexity index is 296. The Morgan fingerprint density at radius 2 is 2.06 bits per heavy atom. The third kappa shape index (κ3) is 5.99. The zero-order chi connectivity index (χ0) is 13.1. The molecule has 0 bridgehead atoms. The maximum Gasteiger partial charge on any atom is 0.407 e. The maximum atomic E-state index is 11.4. The van der Waals surface area contributed by atoms with Crippen LogP contribution in [0, 0.1) is 5.92 Å². The fraction of sp³-hybridized carbons (Fsp3) is 0.900. The second-order valence-corrected chi connectivity index (χ2v) is 5.81. The SMILES string of the molecule is CC(C)(C)OC(=O)NC1CC(COS(=O)[O-])C1. The lowest BCUT2D eigenvalue weighted by Crippen LogP contribution is -2.47. The van der Waals surface area contributed by atoms with Crippen LogP contribution < -0.4 is 5.32 Å². The van der Waals surface area contributed by atoms with E-state index in [1.54, 1.807) is 20.8 Å². The van der Waals surface area contributed by atoms with Crippen LogP contribution in [0.1, 0.15) is 33.6 Å². The van der Waals surface area contributed by atoms with Crippen molar-refractivity contribution in [2.45, 2.75) is 45.3 Å². The number of ether oxygens (including phenoxy) is 1. The monoisotopic (exact) mass is 264 g/mol. The number of amides is 1. The zero-order valence-electron chi connectivity index (χ0n) is 10.2. The van der Waals surface area contributed by atoms with E-state index in [2.05, 4.69) is 9.50 Å². The third-order valence-corrected chi connectivity index (χ3v) is 2.69. The predicted octanol–water partition coefficient (Wildman–Crippen LogP) is 1.10. The van der Waals surface area contributed by atoms with Gasteiger partial charge in [0.25, 0.3) is 0 Å².